The van der Waals surface area contributed by atoms with E-state index in [2.05, 4.69) is 46.9 Å². The van der Waals surface area contributed by atoms with Gasteiger partial charge in [0.15, 0.2) is 0 Å². The van der Waals surface area contributed by atoms with Crippen LogP contribution in [-0.2, 0) is 0 Å². The van der Waals surface area contributed by atoms with Gasteiger partial charge in [0.2, 0.25) is 0 Å². The molecule has 1 aliphatic rings. The molecule has 0 unspecified atom stereocenters. The topological polar surface area (TPSA) is 38.0 Å². The first-order valence-corrected chi connectivity index (χ1v) is 8.13. The minimum Gasteiger partial charge on any atom is -0.329 e. The smallest absolute Gasteiger partial charge is 0.0314 e. The van der Waals surface area contributed by atoms with E-state index < -0.39 is 0 Å². The molecule has 0 amide bonds. The summed E-state index contributed by atoms with van der Waals surface area (Å²) in [4.78, 5) is 0. The SMILES string of the molecule is CCC(CC)CNC1(CN)CC(C)(C)CC(C)(C)C1. The zero-order chi connectivity index (χ0) is 14.7. The molecule has 0 heterocycles. The molecule has 0 saturated heterocycles. The molecular weight excluding hydrogens is 232 g/mol. The van der Waals surface area contributed by atoms with Crippen molar-refractivity contribution < 1.29 is 0 Å². The fourth-order valence-corrected chi connectivity index (χ4v) is 4.59. The third-order valence-corrected chi connectivity index (χ3v) is 4.90. The first kappa shape index (κ1) is 17.0. The Balaban J connectivity index is 2.78. The predicted molar refractivity (Wildman–Crippen MR) is 85.3 cm³/mol. The third-order valence-electron chi connectivity index (χ3n) is 4.90. The number of hydrogen-bond donors (Lipinski definition) is 2. The van der Waals surface area contributed by atoms with Crippen LogP contribution in [0.1, 0.15) is 73.6 Å². The van der Waals surface area contributed by atoms with E-state index in [1.54, 1.807) is 0 Å². The maximum absolute atomic E-state index is 6.19. The fourth-order valence-electron chi connectivity index (χ4n) is 4.59. The van der Waals surface area contributed by atoms with Crippen molar-refractivity contribution in [3.8, 4) is 0 Å². The Morgan fingerprint density at radius 2 is 1.42 bits per heavy atom. The Kier molecular flexibility index (Phi) is 5.48. The van der Waals surface area contributed by atoms with Crippen LogP contribution >= 0.6 is 0 Å². The second-order valence-electron chi connectivity index (χ2n) is 8.41. The molecule has 0 spiro atoms. The zero-order valence-corrected chi connectivity index (χ0v) is 14.1. The molecule has 0 bridgehead atoms. The van der Waals surface area contributed by atoms with Gasteiger partial charge in [-0.1, -0.05) is 54.4 Å². The van der Waals surface area contributed by atoms with Crippen molar-refractivity contribution in [2.45, 2.75) is 79.2 Å². The van der Waals surface area contributed by atoms with Gasteiger partial charge in [-0.05, 0) is 42.6 Å². The summed E-state index contributed by atoms with van der Waals surface area (Å²) >= 11 is 0. The van der Waals surface area contributed by atoms with Gasteiger partial charge < -0.3 is 11.1 Å². The summed E-state index contributed by atoms with van der Waals surface area (Å²) < 4.78 is 0. The van der Waals surface area contributed by atoms with Crippen molar-refractivity contribution in [1.82, 2.24) is 5.32 Å². The molecule has 0 aromatic carbocycles. The first-order chi connectivity index (χ1) is 8.67. The summed E-state index contributed by atoms with van der Waals surface area (Å²) in [6.07, 6.45) is 6.24. The summed E-state index contributed by atoms with van der Waals surface area (Å²) in [6, 6.07) is 0. The largest absolute Gasteiger partial charge is 0.329 e. The van der Waals surface area contributed by atoms with Gasteiger partial charge in [-0.2, -0.15) is 0 Å². The Bertz CT molecular complexity index is 261. The van der Waals surface area contributed by atoms with E-state index in [9.17, 15) is 0 Å². The standard InChI is InChI=1S/C17H36N2/c1-7-14(8-2)9-19-17(13-18)11-15(3,4)10-16(5,6)12-17/h14,19H,7-13,18H2,1-6H3. The molecule has 0 aromatic rings. The van der Waals surface area contributed by atoms with Crippen molar-refractivity contribution in [2.75, 3.05) is 13.1 Å². The lowest BCUT2D eigenvalue weighted by Crippen LogP contribution is -2.59. The van der Waals surface area contributed by atoms with E-state index in [1.165, 1.54) is 32.1 Å². The molecule has 1 fully saturated rings. The third kappa shape index (κ3) is 4.75. The van der Waals surface area contributed by atoms with Gasteiger partial charge in [-0.25, -0.2) is 0 Å². The molecule has 19 heavy (non-hydrogen) atoms. The van der Waals surface area contributed by atoms with Gasteiger partial charge in [0.1, 0.15) is 0 Å². The van der Waals surface area contributed by atoms with Crippen LogP contribution in [0.5, 0.6) is 0 Å². The van der Waals surface area contributed by atoms with Gasteiger partial charge in [0.05, 0.1) is 0 Å². The van der Waals surface area contributed by atoms with Gasteiger partial charge >= 0.3 is 0 Å². The van der Waals surface area contributed by atoms with E-state index in [1.807, 2.05) is 0 Å². The van der Waals surface area contributed by atoms with Crippen LogP contribution < -0.4 is 11.1 Å². The fraction of sp³-hybridized carbons (Fsp3) is 1.00. The lowest BCUT2D eigenvalue weighted by molar-refractivity contribution is 0.0302. The Morgan fingerprint density at radius 3 is 1.79 bits per heavy atom. The van der Waals surface area contributed by atoms with Crippen LogP contribution in [0.3, 0.4) is 0 Å². The molecule has 114 valence electrons. The highest BCUT2D eigenvalue weighted by atomic mass is 15.0. The highest BCUT2D eigenvalue weighted by molar-refractivity contribution is 5.03. The van der Waals surface area contributed by atoms with Crippen LogP contribution in [-0.4, -0.2) is 18.6 Å². The predicted octanol–water partition coefficient (Wildman–Crippen LogP) is 3.95. The number of nitrogens with two attached hydrogens (primary N) is 1. The average molecular weight is 268 g/mol. The van der Waals surface area contributed by atoms with Crippen molar-refractivity contribution in [3.63, 3.8) is 0 Å². The molecule has 1 saturated carbocycles. The maximum Gasteiger partial charge on any atom is 0.0314 e. The maximum atomic E-state index is 6.19. The normalized spacial score (nSPS) is 24.6. The summed E-state index contributed by atoms with van der Waals surface area (Å²) in [5, 5.41) is 3.87. The van der Waals surface area contributed by atoms with Crippen molar-refractivity contribution in [3.05, 3.63) is 0 Å². The van der Waals surface area contributed by atoms with Gasteiger partial charge in [-0.3, -0.25) is 0 Å². The van der Waals surface area contributed by atoms with Gasteiger partial charge in [-0.15, -0.1) is 0 Å². The van der Waals surface area contributed by atoms with Crippen molar-refractivity contribution >= 4 is 0 Å². The Morgan fingerprint density at radius 1 is 0.947 bits per heavy atom. The molecule has 1 aliphatic carbocycles. The molecule has 0 aromatic heterocycles. The Labute approximate surface area is 120 Å². The quantitative estimate of drug-likeness (QED) is 0.765. The zero-order valence-electron chi connectivity index (χ0n) is 14.1. The lowest BCUT2D eigenvalue weighted by Gasteiger charge is -2.52. The van der Waals surface area contributed by atoms with Crippen molar-refractivity contribution in [1.29, 1.82) is 0 Å². The van der Waals surface area contributed by atoms with E-state index in [0.29, 0.717) is 10.8 Å². The van der Waals surface area contributed by atoms with E-state index in [4.69, 9.17) is 5.73 Å². The number of hydrogen-bond acceptors (Lipinski definition) is 2. The first-order valence-electron chi connectivity index (χ1n) is 8.13. The molecule has 0 aliphatic heterocycles. The average Bonchev–Trinajstić information content (AvgIpc) is 2.26. The molecular formula is C17H36N2. The molecule has 0 radical (unpaired) electrons. The van der Waals surface area contributed by atoms with Crippen LogP contribution in [0.15, 0.2) is 0 Å². The summed E-state index contributed by atoms with van der Waals surface area (Å²) in [6.45, 7) is 16.1. The van der Waals surface area contributed by atoms with Crippen LogP contribution in [0.25, 0.3) is 0 Å². The highest BCUT2D eigenvalue weighted by Gasteiger charge is 2.46. The lowest BCUT2D eigenvalue weighted by atomic mass is 9.58. The summed E-state index contributed by atoms with van der Waals surface area (Å²) in [5.41, 5.74) is 7.12. The molecule has 2 nitrogen and oxygen atoms in total. The van der Waals surface area contributed by atoms with Crippen molar-refractivity contribution in [2.24, 2.45) is 22.5 Å². The minimum atomic E-state index is 0.147. The van der Waals surface area contributed by atoms with Crippen LogP contribution in [0.4, 0.5) is 0 Å². The molecule has 1 rings (SSSR count). The highest BCUT2D eigenvalue weighted by Crippen LogP contribution is 2.49. The van der Waals surface area contributed by atoms with E-state index in [0.717, 1.165) is 19.0 Å². The van der Waals surface area contributed by atoms with Crippen LogP contribution in [0, 0.1) is 16.7 Å². The van der Waals surface area contributed by atoms with E-state index in [-0.39, 0.29) is 5.54 Å². The second-order valence-corrected chi connectivity index (χ2v) is 8.41. The number of rotatable bonds is 6. The van der Waals surface area contributed by atoms with E-state index >= 15 is 0 Å². The van der Waals surface area contributed by atoms with Gasteiger partial charge in [0.25, 0.3) is 0 Å². The minimum absolute atomic E-state index is 0.147. The second kappa shape index (κ2) is 6.13. The van der Waals surface area contributed by atoms with Crippen LogP contribution in [0.2, 0.25) is 0 Å². The summed E-state index contributed by atoms with van der Waals surface area (Å²) in [5.74, 6) is 0.788. The molecule has 3 N–H and O–H groups in total. The summed E-state index contributed by atoms with van der Waals surface area (Å²) in [7, 11) is 0. The molecule has 0 atom stereocenters. The Hall–Kier alpha value is -0.0800. The molecule has 2 heteroatoms. The van der Waals surface area contributed by atoms with Gasteiger partial charge in [0, 0.05) is 12.1 Å². The monoisotopic (exact) mass is 268 g/mol. The number of nitrogens with one attached hydrogen (secondary N) is 1.